The van der Waals surface area contributed by atoms with Gasteiger partial charge in [0.15, 0.2) is 0 Å². The summed E-state index contributed by atoms with van der Waals surface area (Å²) >= 11 is 3.30. The first-order valence-electron chi connectivity index (χ1n) is 22.1. The molecule has 0 atom stereocenters. The first-order valence-corrected chi connectivity index (χ1v) is 23.7. The number of aromatic nitrogens is 2. The van der Waals surface area contributed by atoms with Gasteiger partial charge in [0.1, 0.15) is 0 Å². The van der Waals surface area contributed by atoms with Crippen molar-refractivity contribution in [3.05, 3.63) is 192 Å². The lowest BCUT2D eigenvalue weighted by Crippen LogP contribution is -2.14. The van der Waals surface area contributed by atoms with Gasteiger partial charge in [-0.1, -0.05) is 121 Å². The second kappa shape index (κ2) is 14.6. The summed E-state index contributed by atoms with van der Waals surface area (Å²) in [7, 11) is 0. The third kappa shape index (κ3) is 5.71. The van der Waals surface area contributed by atoms with Crippen LogP contribution >= 0.6 is 22.7 Å². The van der Waals surface area contributed by atoms with Crippen LogP contribution in [0.4, 0.5) is 26.3 Å². The third-order valence-corrected chi connectivity index (χ3v) is 16.2. The number of halogens is 6. The van der Waals surface area contributed by atoms with Crippen LogP contribution in [0.3, 0.4) is 0 Å². The van der Waals surface area contributed by atoms with Gasteiger partial charge >= 0.3 is 12.4 Å². The Morgan fingerprint density at radius 3 is 1.16 bits per heavy atom. The van der Waals surface area contributed by atoms with Crippen LogP contribution in [0.25, 0.3) is 118 Å². The number of benzene rings is 9. The van der Waals surface area contributed by atoms with E-state index in [0.29, 0.717) is 27.8 Å². The summed E-state index contributed by atoms with van der Waals surface area (Å²) < 4.78 is 102. The predicted octanol–water partition coefficient (Wildman–Crippen LogP) is 18.6. The quantitative estimate of drug-likeness (QED) is 0.156. The van der Waals surface area contributed by atoms with Crippen LogP contribution in [-0.2, 0) is 12.4 Å². The van der Waals surface area contributed by atoms with Crippen molar-refractivity contribution >= 4 is 107 Å². The standard InChI is InChI=1S/C58H34F6N2S2/c1-31-49(37-17-3-9-21-41(37)57(59,60)61)54(66-44-24-12-6-20-40(44)52-46(66)30-28-36-34-16-8-14-26-48(34)68-56(36)52)50(38-18-4-10-22-42(38)58(62,63)64)32(2)53(31)65-43-23-11-5-19-39(43)51-45(65)29-27-35-33-15-7-13-25-47(33)67-55(35)51/h3-30H,1-2H3. The van der Waals surface area contributed by atoms with E-state index in [2.05, 4.69) is 34.9 Å². The molecule has 0 aliphatic rings. The molecule has 2 nitrogen and oxygen atoms in total. The summed E-state index contributed by atoms with van der Waals surface area (Å²) in [6.45, 7) is 3.65. The number of fused-ring (bicyclic) bond motifs is 14. The molecule has 13 aromatic rings. The van der Waals surface area contributed by atoms with Crippen LogP contribution in [0, 0.1) is 13.8 Å². The first-order chi connectivity index (χ1) is 32.9. The summed E-state index contributed by atoms with van der Waals surface area (Å²) in [5, 5.41) is 7.87. The van der Waals surface area contributed by atoms with E-state index in [1.54, 1.807) is 34.8 Å². The van der Waals surface area contributed by atoms with Gasteiger partial charge in [-0.05, 0) is 84.6 Å². The second-order valence-corrected chi connectivity index (χ2v) is 19.5. The van der Waals surface area contributed by atoms with E-state index in [0.717, 1.165) is 85.1 Å². The Hall–Kier alpha value is -7.40. The van der Waals surface area contributed by atoms with Gasteiger partial charge in [-0.2, -0.15) is 26.3 Å². The summed E-state index contributed by atoms with van der Waals surface area (Å²) in [4.78, 5) is 0. The maximum Gasteiger partial charge on any atom is 0.417 e. The van der Waals surface area contributed by atoms with Crippen molar-refractivity contribution in [1.82, 2.24) is 9.13 Å². The Morgan fingerprint density at radius 2 is 0.721 bits per heavy atom. The summed E-state index contributed by atoms with van der Waals surface area (Å²) in [5.41, 5.74) is 2.89. The average Bonchev–Trinajstić information content (AvgIpc) is 4.09. The molecule has 0 amide bonds. The van der Waals surface area contributed by atoms with Gasteiger partial charge in [0.05, 0.1) is 44.6 Å². The molecule has 0 N–H and O–H groups in total. The number of rotatable bonds is 4. The van der Waals surface area contributed by atoms with Gasteiger partial charge in [-0.15, -0.1) is 22.7 Å². The number of thiophene rings is 2. The summed E-state index contributed by atoms with van der Waals surface area (Å²) in [6.07, 6.45) is -9.64. The molecule has 0 spiro atoms. The van der Waals surface area contributed by atoms with Crippen LogP contribution in [0.5, 0.6) is 0 Å². The van der Waals surface area contributed by atoms with Gasteiger partial charge in [0.2, 0.25) is 0 Å². The SMILES string of the molecule is Cc1c(-c2ccccc2C(F)(F)F)c(-n2c3ccccc3c3c4sc5ccccc5c4ccc32)c(-c2ccccc2C(F)(F)F)c(C)c1-n1c2ccccc2c2c3sc4ccccc4c3ccc21. The Balaban J connectivity index is 1.29. The minimum Gasteiger partial charge on any atom is -0.309 e. The third-order valence-electron chi connectivity index (χ3n) is 13.7. The fourth-order valence-corrected chi connectivity index (χ4v) is 13.6. The predicted molar refractivity (Wildman–Crippen MR) is 271 cm³/mol. The van der Waals surface area contributed by atoms with E-state index in [1.165, 1.54) is 24.3 Å². The van der Waals surface area contributed by atoms with E-state index in [-0.39, 0.29) is 27.9 Å². The number of alkyl halides is 6. The van der Waals surface area contributed by atoms with Crippen LogP contribution in [-0.4, -0.2) is 9.13 Å². The van der Waals surface area contributed by atoms with Gasteiger partial charge in [-0.3, -0.25) is 0 Å². The van der Waals surface area contributed by atoms with Crippen molar-refractivity contribution in [2.45, 2.75) is 26.2 Å². The highest BCUT2D eigenvalue weighted by atomic mass is 32.1. The average molecular weight is 937 g/mol. The summed E-state index contributed by atoms with van der Waals surface area (Å²) in [6, 6.07) is 51.0. The lowest BCUT2D eigenvalue weighted by molar-refractivity contribution is -0.137. The van der Waals surface area contributed by atoms with E-state index in [1.807, 2.05) is 109 Å². The lowest BCUT2D eigenvalue weighted by Gasteiger charge is -2.29. The molecule has 9 aromatic carbocycles. The topological polar surface area (TPSA) is 9.86 Å². The number of hydrogen-bond acceptors (Lipinski definition) is 2. The molecule has 0 unspecified atom stereocenters. The van der Waals surface area contributed by atoms with Crippen molar-refractivity contribution in [3.8, 4) is 33.6 Å². The van der Waals surface area contributed by atoms with Crippen molar-refractivity contribution < 1.29 is 26.3 Å². The minimum absolute atomic E-state index is 0.138. The molecular weight excluding hydrogens is 903 g/mol. The number of nitrogens with zero attached hydrogens (tertiary/aromatic N) is 2. The second-order valence-electron chi connectivity index (χ2n) is 17.4. The van der Waals surface area contributed by atoms with Crippen LogP contribution in [0.2, 0.25) is 0 Å². The normalized spacial score (nSPS) is 12.7. The highest BCUT2D eigenvalue weighted by Crippen LogP contribution is 2.54. The van der Waals surface area contributed by atoms with Gasteiger partial charge in [-0.25, -0.2) is 0 Å². The van der Waals surface area contributed by atoms with Crippen molar-refractivity contribution in [1.29, 1.82) is 0 Å². The Kier molecular flexibility index (Phi) is 8.74. The minimum atomic E-state index is -4.82. The molecule has 4 aromatic heterocycles. The maximum atomic E-state index is 15.7. The highest BCUT2D eigenvalue weighted by molar-refractivity contribution is 7.27. The molecule has 0 saturated heterocycles. The molecule has 4 heterocycles. The monoisotopic (exact) mass is 936 g/mol. The Morgan fingerprint density at radius 1 is 0.353 bits per heavy atom. The summed E-state index contributed by atoms with van der Waals surface area (Å²) in [5.74, 6) is 0. The Labute approximate surface area is 392 Å². The molecule has 10 heteroatoms. The maximum absolute atomic E-state index is 15.7. The van der Waals surface area contributed by atoms with Crippen molar-refractivity contribution in [2.75, 3.05) is 0 Å². The molecule has 13 rings (SSSR count). The van der Waals surface area contributed by atoms with Gasteiger partial charge in [0, 0.05) is 73.0 Å². The van der Waals surface area contributed by atoms with Gasteiger partial charge in [0.25, 0.3) is 0 Å². The molecule has 0 saturated carbocycles. The zero-order valence-electron chi connectivity index (χ0n) is 36.1. The van der Waals surface area contributed by atoms with E-state index in [9.17, 15) is 0 Å². The van der Waals surface area contributed by atoms with E-state index < -0.39 is 23.5 Å². The zero-order valence-corrected chi connectivity index (χ0v) is 37.8. The lowest BCUT2D eigenvalue weighted by atomic mass is 9.84. The fourth-order valence-electron chi connectivity index (χ4n) is 11.1. The van der Waals surface area contributed by atoms with E-state index >= 15 is 26.3 Å². The first kappa shape index (κ1) is 40.8. The molecule has 0 aliphatic heterocycles. The number of para-hydroxylation sites is 2. The molecule has 0 bridgehead atoms. The largest absolute Gasteiger partial charge is 0.417 e. The van der Waals surface area contributed by atoms with Gasteiger partial charge < -0.3 is 9.13 Å². The van der Waals surface area contributed by atoms with Crippen LogP contribution in [0.15, 0.2) is 170 Å². The molecule has 330 valence electrons. The Bertz CT molecular complexity index is 4190. The number of hydrogen-bond donors (Lipinski definition) is 0. The molecule has 68 heavy (non-hydrogen) atoms. The van der Waals surface area contributed by atoms with E-state index in [4.69, 9.17) is 0 Å². The van der Waals surface area contributed by atoms with Crippen molar-refractivity contribution in [2.24, 2.45) is 0 Å². The van der Waals surface area contributed by atoms with Crippen LogP contribution < -0.4 is 0 Å². The molecule has 0 radical (unpaired) electrons. The molecule has 0 fully saturated rings. The smallest absolute Gasteiger partial charge is 0.309 e. The zero-order chi connectivity index (χ0) is 46.4. The molecule has 0 aliphatic carbocycles. The molecular formula is C58H34F6N2S2. The van der Waals surface area contributed by atoms with Crippen LogP contribution in [0.1, 0.15) is 22.3 Å². The highest BCUT2D eigenvalue weighted by Gasteiger charge is 2.39. The fraction of sp³-hybridized carbons (Fsp3) is 0.0690. The van der Waals surface area contributed by atoms with Crippen molar-refractivity contribution in [3.63, 3.8) is 0 Å².